The number of halogens is 2. The van der Waals surface area contributed by atoms with Crippen molar-refractivity contribution in [1.82, 2.24) is 0 Å². The van der Waals surface area contributed by atoms with Gasteiger partial charge in [0.05, 0.1) is 22.7 Å². The van der Waals surface area contributed by atoms with Crippen LogP contribution in [0.15, 0.2) is 88.2 Å². The van der Waals surface area contributed by atoms with Gasteiger partial charge in [-0.25, -0.2) is 0 Å². The molecule has 4 nitrogen and oxygen atoms in total. The second-order valence-corrected chi connectivity index (χ2v) is 10.9. The molecule has 5 rings (SSSR count). The number of hydrogen-bond acceptors (Lipinski definition) is 5. The van der Waals surface area contributed by atoms with E-state index in [2.05, 4.69) is 40.2 Å². The van der Waals surface area contributed by atoms with Crippen LogP contribution in [0.5, 0.6) is 11.5 Å². The van der Waals surface area contributed by atoms with E-state index in [1.54, 1.807) is 31.4 Å². The normalized spacial score (nSPS) is 14.6. The average molecular weight is 597 g/mol. The minimum atomic E-state index is -0.196. The number of nitrogens with zero attached hydrogens (tertiary/aromatic N) is 1. The first kappa shape index (κ1) is 24.8. The van der Waals surface area contributed by atoms with Gasteiger partial charge in [-0.1, -0.05) is 84.1 Å². The quantitative estimate of drug-likeness (QED) is 0.166. The predicted molar refractivity (Wildman–Crippen MR) is 156 cm³/mol. The van der Waals surface area contributed by atoms with Gasteiger partial charge in [-0.2, -0.15) is 0 Å². The third-order valence-corrected chi connectivity index (χ3v) is 8.24. The van der Waals surface area contributed by atoms with Crippen LogP contribution < -0.4 is 14.4 Å². The molecule has 0 N–H and O–H groups in total. The number of amides is 1. The van der Waals surface area contributed by atoms with Crippen molar-refractivity contribution in [3.63, 3.8) is 0 Å². The third-order valence-electron chi connectivity index (χ3n) is 5.70. The molecular formula is C28H19BrClNO3S2. The summed E-state index contributed by atoms with van der Waals surface area (Å²) in [5, 5.41) is 2.84. The van der Waals surface area contributed by atoms with Crippen LogP contribution in [0.25, 0.3) is 16.8 Å². The lowest BCUT2D eigenvalue weighted by Gasteiger charge is -2.15. The molecule has 36 heavy (non-hydrogen) atoms. The second kappa shape index (κ2) is 10.6. The number of benzene rings is 4. The van der Waals surface area contributed by atoms with Crippen LogP contribution in [-0.2, 0) is 11.4 Å². The lowest BCUT2D eigenvalue weighted by Crippen LogP contribution is -2.27. The number of carbonyl (C=O) groups is 1. The van der Waals surface area contributed by atoms with Gasteiger partial charge in [-0.15, -0.1) is 0 Å². The molecule has 0 saturated carbocycles. The Morgan fingerprint density at radius 1 is 1.03 bits per heavy atom. The molecular weight excluding hydrogens is 578 g/mol. The zero-order valence-corrected chi connectivity index (χ0v) is 23.0. The molecule has 4 aromatic rings. The highest BCUT2D eigenvalue weighted by atomic mass is 79.9. The maximum absolute atomic E-state index is 13.1. The molecule has 1 aliphatic heterocycles. The van der Waals surface area contributed by atoms with E-state index in [0.29, 0.717) is 38.0 Å². The lowest BCUT2D eigenvalue weighted by molar-refractivity contribution is -0.113. The predicted octanol–water partition coefficient (Wildman–Crippen LogP) is 8.25. The molecule has 4 aromatic carbocycles. The van der Waals surface area contributed by atoms with Crippen LogP contribution in [0.4, 0.5) is 5.69 Å². The summed E-state index contributed by atoms with van der Waals surface area (Å²) in [5.74, 6) is 1.01. The highest BCUT2D eigenvalue weighted by molar-refractivity contribution is 9.10. The number of hydrogen-bond donors (Lipinski definition) is 0. The van der Waals surface area contributed by atoms with Gasteiger partial charge in [0, 0.05) is 4.47 Å². The first-order valence-electron chi connectivity index (χ1n) is 10.9. The number of ether oxygens (including phenoxy) is 2. The Morgan fingerprint density at radius 3 is 2.64 bits per heavy atom. The van der Waals surface area contributed by atoms with Gasteiger partial charge in [0.2, 0.25) is 0 Å². The van der Waals surface area contributed by atoms with Gasteiger partial charge >= 0.3 is 0 Å². The Bertz CT molecular complexity index is 1530. The van der Waals surface area contributed by atoms with Gasteiger partial charge in [-0.05, 0) is 74.2 Å². The van der Waals surface area contributed by atoms with Crippen LogP contribution in [0.3, 0.4) is 0 Å². The fourth-order valence-corrected chi connectivity index (χ4v) is 5.65. The van der Waals surface area contributed by atoms with Gasteiger partial charge in [-0.3, -0.25) is 9.69 Å². The highest BCUT2D eigenvalue weighted by Gasteiger charge is 2.33. The number of fused-ring (bicyclic) bond motifs is 1. The van der Waals surface area contributed by atoms with Gasteiger partial charge in [0.25, 0.3) is 5.91 Å². The standard InChI is InChI=1S/C28H19BrClNO3S2/c1-33-25-13-17(9-12-24(25)34-16-19-7-4-6-18-5-2-3-8-21(18)19)14-26-27(32)31(28(35)36-26)20-10-11-22(29)23(30)15-20/h2-15H,16H2,1H3/b26-14+. The molecule has 1 saturated heterocycles. The minimum Gasteiger partial charge on any atom is -0.493 e. The molecule has 1 aliphatic rings. The summed E-state index contributed by atoms with van der Waals surface area (Å²) in [5.41, 5.74) is 2.53. The fourth-order valence-electron chi connectivity index (χ4n) is 3.93. The highest BCUT2D eigenvalue weighted by Crippen LogP contribution is 2.39. The number of thioether (sulfide) groups is 1. The molecule has 8 heteroatoms. The van der Waals surface area contributed by atoms with E-state index in [9.17, 15) is 4.79 Å². The second-order valence-electron chi connectivity index (χ2n) is 7.95. The van der Waals surface area contributed by atoms with Crippen molar-refractivity contribution in [3.05, 3.63) is 104 Å². The SMILES string of the molecule is COc1cc(/C=C2/SC(=S)N(c3ccc(Br)c(Cl)c3)C2=O)ccc1OCc1cccc2ccccc12. The minimum absolute atomic E-state index is 0.196. The Kier molecular flexibility index (Phi) is 7.34. The van der Waals surface area contributed by atoms with Crippen LogP contribution in [0.2, 0.25) is 5.02 Å². The molecule has 180 valence electrons. The zero-order chi connectivity index (χ0) is 25.2. The molecule has 0 atom stereocenters. The summed E-state index contributed by atoms with van der Waals surface area (Å²) in [4.78, 5) is 15.2. The maximum atomic E-state index is 13.1. The topological polar surface area (TPSA) is 38.8 Å². The van der Waals surface area contributed by atoms with Crippen LogP contribution in [0.1, 0.15) is 11.1 Å². The van der Waals surface area contributed by atoms with E-state index in [1.807, 2.05) is 36.4 Å². The summed E-state index contributed by atoms with van der Waals surface area (Å²) in [6.45, 7) is 0.408. The van der Waals surface area contributed by atoms with Crippen molar-refractivity contribution in [2.45, 2.75) is 6.61 Å². The van der Waals surface area contributed by atoms with Crippen molar-refractivity contribution in [2.24, 2.45) is 0 Å². The molecule has 0 aliphatic carbocycles. The van der Waals surface area contributed by atoms with Crippen LogP contribution in [-0.4, -0.2) is 17.3 Å². The molecule has 1 fully saturated rings. The van der Waals surface area contributed by atoms with E-state index in [0.717, 1.165) is 21.0 Å². The molecule has 1 amide bonds. The molecule has 0 bridgehead atoms. The summed E-state index contributed by atoms with van der Waals surface area (Å²) >= 11 is 16.3. The van der Waals surface area contributed by atoms with Gasteiger partial charge in [0.15, 0.2) is 15.8 Å². The van der Waals surface area contributed by atoms with E-state index in [1.165, 1.54) is 22.0 Å². The van der Waals surface area contributed by atoms with Crippen LogP contribution in [0, 0.1) is 0 Å². The van der Waals surface area contributed by atoms with Crippen molar-refractivity contribution in [2.75, 3.05) is 12.0 Å². The first-order valence-corrected chi connectivity index (χ1v) is 13.3. The zero-order valence-electron chi connectivity index (χ0n) is 19.0. The van der Waals surface area contributed by atoms with Crippen molar-refractivity contribution in [3.8, 4) is 11.5 Å². The number of thiocarbonyl (C=S) groups is 1. The molecule has 0 spiro atoms. The number of anilines is 1. The average Bonchev–Trinajstić information content (AvgIpc) is 3.17. The third kappa shape index (κ3) is 5.02. The van der Waals surface area contributed by atoms with E-state index in [4.69, 9.17) is 33.3 Å². The summed E-state index contributed by atoms with van der Waals surface area (Å²) in [6, 6.07) is 25.3. The summed E-state index contributed by atoms with van der Waals surface area (Å²) in [7, 11) is 1.60. The van der Waals surface area contributed by atoms with E-state index in [-0.39, 0.29) is 5.91 Å². The van der Waals surface area contributed by atoms with E-state index >= 15 is 0 Å². The summed E-state index contributed by atoms with van der Waals surface area (Å²) in [6.07, 6.45) is 1.80. The Balaban J connectivity index is 1.36. The molecule has 1 heterocycles. The maximum Gasteiger partial charge on any atom is 0.270 e. The molecule has 0 radical (unpaired) electrons. The van der Waals surface area contributed by atoms with E-state index < -0.39 is 0 Å². The molecule has 0 aromatic heterocycles. The number of rotatable bonds is 6. The van der Waals surface area contributed by atoms with Gasteiger partial charge < -0.3 is 9.47 Å². The Labute approximate surface area is 232 Å². The number of methoxy groups -OCH3 is 1. The first-order chi connectivity index (χ1) is 17.4. The summed E-state index contributed by atoms with van der Waals surface area (Å²) < 4.78 is 12.9. The fraction of sp³-hybridized carbons (Fsp3) is 0.0714. The Hall–Kier alpha value is -2.84. The molecule has 0 unspecified atom stereocenters. The largest absolute Gasteiger partial charge is 0.493 e. The lowest BCUT2D eigenvalue weighted by atomic mass is 10.1. The van der Waals surface area contributed by atoms with Crippen molar-refractivity contribution >= 4 is 84.3 Å². The van der Waals surface area contributed by atoms with Crippen LogP contribution >= 0.6 is 51.5 Å². The van der Waals surface area contributed by atoms with Crippen molar-refractivity contribution in [1.29, 1.82) is 0 Å². The smallest absolute Gasteiger partial charge is 0.270 e. The number of carbonyl (C=O) groups excluding carboxylic acids is 1. The Morgan fingerprint density at radius 2 is 1.83 bits per heavy atom. The van der Waals surface area contributed by atoms with Gasteiger partial charge in [0.1, 0.15) is 6.61 Å². The monoisotopic (exact) mass is 595 g/mol. The van der Waals surface area contributed by atoms with Crippen molar-refractivity contribution < 1.29 is 14.3 Å².